The van der Waals surface area contributed by atoms with E-state index in [1.807, 2.05) is 11.4 Å². The molecule has 0 saturated heterocycles. The number of halogens is 1. The summed E-state index contributed by atoms with van der Waals surface area (Å²) in [5.41, 5.74) is 0.695. The summed E-state index contributed by atoms with van der Waals surface area (Å²) < 4.78 is 23.8. The topological polar surface area (TPSA) is 66.4 Å². The van der Waals surface area contributed by atoms with Gasteiger partial charge >= 0.3 is 0 Å². The third-order valence-corrected chi connectivity index (χ3v) is 6.06. The zero-order valence-electron chi connectivity index (χ0n) is 11.4. The van der Waals surface area contributed by atoms with Gasteiger partial charge in [0.2, 0.25) is 0 Å². The average Bonchev–Trinajstić information content (AvgIpc) is 2.83. The highest BCUT2D eigenvalue weighted by Crippen LogP contribution is 2.22. The first-order chi connectivity index (χ1) is 9.88. The van der Waals surface area contributed by atoms with Gasteiger partial charge in [0.15, 0.2) is 9.84 Å². The summed E-state index contributed by atoms with van der Waals surface area (Å²) in [5, 5.41) is 15.3. The Bertz CT molecular complexity index is 695. The number of nitrogens with one attached hydrogen (secondary N) is 1. The fourth-order valence-corrected chi connectivity index (χ4v) is 3.92. The van der Waals surface area contributed by atoms with Gasteiger partial charge in [-0.2, -0.15) is 0 Å². The quantitative estimate of drug-likeness (QED) is 0.796. The molecule has 114 valence electrons. The summed E-state index contributed by atoms with van der Waals surface area (Å²) in [7, 11) is -3.20. The van der Waals surface area contributed by atoms with E-state index in [-0.39, 0.29) is 4.90 Å². The summed E-state index contributed by atoms with van der Waals surface area (Å²) in [5.74, 6) is 0. The molecule has 1 unspecified atom stereocenters. The van der Waals surface area contributed by atoms with E-state index >= 15 is 0 Å². The zero-order valence-corrected chi connectivity index (χ0v) is 14.6. The second kappa shape index (κ2) is 7.02. The van der Waals surface area contributed by atoms with E-state index in [2.05, 4.69) is 21.2 Å². The highest BCUT2D eigenvalue weighted by atomic mass is 79.9. The van der Waals surface area contributed by atoms with Crippen LogP contribution in [0.2, 0.25) is 0 Å². The van der Waals surface area contributed by atoms with Crippen LogP contribution in [0.1, 0.15) is 16.5 Å². The third kappa shape index (κ3) is 4.62. The molecule has 0 spiro atoms. The van der Waals surface area contributed by atoms with Crippen LogP contribution >= 0.6 is 27.3 Å². The fourth-order valence-electron chi connectivity index (χ4n) is 1.83. The number of rotatable bonds is 6. The molecule has 0 radical (unpaired) electrons. The standard InChI is InChI=1S/C14H16BrNO3S2/c1-21(18,19)11-4-2-10(3-5-11)13(17)8-16-9-14-12(15)6-7-20-14/h2-7,13,16-17H,8-9H2,1H3. The number of hydrogen-bond donors (Lipinski definition) is 2. The van der Waals surface area contributed by atoms with E-state index in [1.54, 1.807) is 23.5 Å². The van der Waals surface area contributed by atoms with Crippen molar-refractivity contribution in [2.75, 3.05) is 12.8 Å². The molecule has 1 aromatic carbocycles. The van der Waals surface area contributed by atoms with Gasteiger partial charge in [0.25, 0.3) is 0 Å². The Labute approximate surface area is 136 Å². The van der Waals surface area contributed by atoms with Gasteiger partial charge in [-0.1, -0.05) is 12.1 Å². The minimum atomic E-state index is -3.20. The van der Waals surface area contributed by atoms with E-state index in [0.717, 1.165) is 4.47 Å². The maximum absolute atomic E-state index is 11.4. The molecule has 2 N–H and O–H groups in total. The molecule has 0 amide bonds. The molecule has 0 fully saturated rings. The van der Waals surface area contributed by atoms with Crippen molar-refractivity contribution in [3.8, 4) is 0 Å². The normalized spacial score (nSPS) is 13.3. The lowest BCUT2D eigenvalue weighted by atomic mass is 10.1. The van der Waals surface area contributed by atoms with E-state index in [4.69, 9.17) is 0 Å². The summed E-state index contributed by atoms with van der Waals surface area (Å²) >= 11 is 5.10. The van der Waals surface area contributed by atoms with Gasteiger partial charge in [-0.25, -0.2) is 8.42 Å². The first kappa shape index (κ1) is 16.6. The molecule has 0 aliphatic rings. The van der Waals surface area contributed by atoms with E-state index < -0.39 is 15.9 Å². The number of hydrogen-bond acceptors (Lipinski definition) is 5. The molecule has 4 nitrogen and oxygen atoms in total. The zero-order chi connectivity index (χ0) is 15.5. The molecule has 1 heterocycles. The predicted octanol–water partition coefficient (Wildman–Crippen LogP) is 2.74. The predicted molar refractivity (Wildman–Crippen MR) is 88.2 cm³/mol. The molecule has 1 aromatic heterocycles. The van der Waals surface area contributed by atoms with E-state index in [0.29, 0.717) is 18.7 Å². The molecule has 2 aromatic rings. The smallest absolute Gasteiger partial charge is 0.175 e. The largest absolute Gasteiger partial charge is 0.387 e. The Hall–Kier alpha value is -0.730. The third-order valence-electron chi connectivity index (χ3n) is 3.01. The number of benzene rings is 1. The van der Waals surface area contributed by atoms with Crippen molar-refractivity contribution < 1.29 is 13.5 Å². The Morgan fingerprint density at radius 3 is 2.48 bits per heavy atom. The van der Waals surface area contributed by atoms with Crippen LogP contribution in [-0.2, 0) is 16.4 Å². The SMILES string of the molecule is CS(=O)(=O)c1ccc(C(O)CNCc2sccc2Br)cc1. The first-order valence-corrected chi connectivity index (χ1v) is 9.85. The van der Waals surface area contributed by atoms with Crippen LogP contribution in [0.3, 0.4) is 0 Å². The van der Waals surface area contributed by atoms with E-state index in [1.165, 1.54) is 23.3 Å². The number of sulfone groups is 1. The van der Waals surface area contributed by atoms with Crippen molar-refractivity contribution in [2.24, 2.45) is 0 Å². The molecular formula is C14H16BrNO3S2. The van der Waals surface area contributed by atoms with Crippen molar-refractivity contribution >= 4 is 37.1 Å². The molecule has 2 rings (SSSR count). The number of aliphatic hydroxyl groups is 1. The van der Waals surface area contributed by atoms with Crippen LogP contribution in [0.15, 0.2) is 45.1 Å². The second-order valence-corrected chi connectivity index (χ2v) is 8.55. The van der Waals surface area contributed by atoms with Crippen molar-refractivity contribution in [1.82, 2.24) is 5.32 Å². The van der Waals surface area contributed by atoms with Crippen molar-refractivity contribution in [1.29, 1.82) is 0 Å². The fraction of sp³-hybridized carbons (Fsp3) is 0.286. The van der Waals surface area contributed by atoms with Crippen molar-refractivity contribution in [2.45, 2.75) is 17.5 Å². The van der Waals surface area contributed by atoms with Crippen LogP contribution in [0, 0.1) is 0 Å². The molecule has 1 atom stereocenters. The molecule has 0 aliphatic carbocycles. The maximum atomic E-state index is 11.4. The van der Waals surface area contributed by atoms with Gasteiger partial charge in [-0.3, -0.25) is 0 Å². The van der Waals surface area contributed by atoms with Gasteiger partial charge in [0.1, 0.15) is 0 Å². The Balaban J connectivity index is 1.91. The molecule has 0 aliphatic heterocycles. The van der Waals surface area contributed by atoms with Gasteiger partial charge in [0.05, 0.1) is 11.0 Å². The van der Waals surface area contributed by atoms with Gasteiger partial charge in [-0.15, -0.1) is 11.3 Å². The molecular weight excluding hydrogens is 374 g/mol. The molecule has 7 heteroatoms. The van der Waals surface area contributed by atoms with Crippen molar-refractivity contribution in [3.05, 3.63) is 50.6 Å². The molecule has 0 bridgehead atoms. The molecule has 21 heavy (non-hydrogen) atoms. The number of thiophene rings is 1. The molecule has 0 saturated carbocycles. The Morgan fingerprint density at radius 2 is 1.95 bits per heavy atom. The lowest BCUT2D eigenvalue weighted by Crippen LogP contribution is -2.20. The van der Waals surface area contributed by atoms with Crippen LogP contribution in [0.25, 0.3) is 0 Å². The lowest BCUT2D eigenvalue weighted by molar-refractivity contribution is 0.174. The minimum absolute atomic E-state index is 0.258. The number of aliphatic hydroxyl groups excluding tert-OH is 1. The highest BCUT2D eigenvalue weighted by Gasteiger charge is 2.11. The van der Waals surface area contributed by atoms with Gasteiger partial charge in [0, 0.05) is 28.7 Å². The Kier molecular flexibility index (Phi) is 5.56. The average molecular weight is 390 g/mol. The minimum Gasteiger partial charge on any atom is -0.387 e. The van der Waals surface area contributed by atoms with Crippen LogP contribution in [0.4, 0.5) is 0 Å². The van der Waals surface area contributed by atoms with Crippen LogP contribution in [-0.4, -0.2) is 26.3 Å². The summed E-state index contributed by atoms with van der Waals surface area (Å²) in [6.07, 6.45) is 0.496. The summed E-state index contributed by atoms with van der Waals surface area (Å²) in [6.45, 7) is 1.08. The highest BCUT2D eigenvalue weighted by molar-refractivity contribution is 9.10. The summed E-state index contributed by atoms with van der Waals surface area (Å²) in [4.78, 5) is 1.43. The van der Waals surface area contributed by atoms with Crippen LogP contribution in [0.5, 0.6) is 0 Å². The van der Waals surface area contributed by atoms with Gasteiger partial charge in [-0.05, 0) is 45.1 Å². The lowest BCUT2D eigenvalue weighted by Gasteiger charge is -2.12. The van der Waals surface area contributed by atoms with E-state index in [9.17, 15) is 13.5 Å². The second-order valence-electron chi connectivity index (χ2n) is 4.68. The van der Waals surface area contributed by atoms with Crippen molar-refractivity contribution in [3.63, 3.8) is 0 Å². The summed E-state index contributed by atoms with van der Waals surface area (Å²) in [6, 6.07) is 8.31. The van der Waals surface area contributed by atoms with Gasteiger partial charge < -0.3 is 10.4 Å². The first-order valence-electron chi connectivity index (χ1n) is 6.28. The monoisotopic (exact) mass is 389 g/mol. The maximum Gasteiger partial charge on any atom is 0.175 e. The van der Waals surface area contributed by atoms with Crippen LogP contribution < -0.4 is 5.32 Å². The Morgan fingerprint density at radius 1 is 1.29 bits per heavy atom.